The standard InChI is InChI=1S/C20H24ClN3O2S/c1-3-10-24-19(26)15-9-8-14(21)11-17(15)23-20(24)27-12-18(25)22-16-7-5-4-6-13(16)2/h3,8-9,11,13,16H,1,4-7,10,12H2,2H3,(H,22,25). The minimum atomic E-state index is -0.152. The number of carbonyl (C=O) groups is 1. The SMILES string of the molecule is C=CCn1c(SCC(=O)NC2CCCCC2C)nc2cc(Cl)ccc2c1=O. The first-order valence-corrected chi connectivity index (χ1v) is 10.6. The third kappa shape index (κ3) is 4.74. The summed E-state index contributed by atoms with van der Waals surface area (Å²) in [5, 5.41) is 4.67. The lowest BCUT2D eigenvalue weighted by Crippen LogP contribution is -2.41. The number of thioether (sulfide) groups is 1. The average Bonchev–Trinajstić information content (AvgIpc) is 2.64. The van der Waals surface area contributed by atoms with Gasteiger partial charge in [0.2, 0.25) is 5.91 Å². The highest BCUT2D eigenvalue weighted by Gasteiger charge is 2.23. The molecule has 1 aromatic carbocycles. The van der Waals surface area contributed by atoms with Crippen molar-refractivity contribution in [1.29, 1.82) is 0 Å². The van der Waals surface area contributed by atoms with Crippen LogP contribution in [-0.4, -0.2) is 27.3 Å². The van der Waals surface area contributed by atoms with E-state index in [9.17, 15) is 9.59 Å². The molecule has 0 aliphatic heterocycles. The van der Waals surface area contributed by atoms with Crippen LogP contribution in [0, 0.1) is 5.92 Å². The Morgan fingerprint density at radius 3 is 2.96 bits per heavy atom. The normalized spacial score (nSPS) is 19.8. The Bertz CT molecular complexity index is 912. The molecule has 1 aliphatic carbocycles. The van der Waals surface area contributed by atoms with E-state index in [-0.39, 0.29) is 23.3 Å². The number of nitrogens with one attached hydrogen (secondary N) is 1. The van der Waals surface area contributed by atoms with Crippen LogP contribution in [0.3, 0.4) is 0 Å². The fourth-order valence-corrected chi connectivity index (χ4v) is 4.47. The molecule has 1 amide bonds. The van der Waals surface area contributed by atoms with Crippen molar-refractivity contribution in [3.05, 3.63) is 46.2 Å². The monoisotopic (exact) mass is 405 g/mol. The fraction of sp³-hybridized carbons (Fsp3) is 0.450. The van der Waals surface area contributed by atoms with Gasteiger partial charge in [0, 0.05) is 17.6 Å². The summed E-state index contributed by atoms with van der Waals surface area (Å²) in [7, 11) is 0. The number of rotatable bonds is 6. The Labute approximate surface area is 168 Å². The van der Waals surface area contributed by atoms with Crippen LogP contribution in [-0.2, 0) is 11.3 Å². The van der Waals surface area contributed by atoms with Crippen LogP contribution in [0.2, 0.25) is 5.02 Å². The molecular weight excluding hydrogens is 382 g/mol. The highest BCUT2D eigenvalue weighted by atomic mass is 35.5. The van der Waals surface area contributed by atoms with Gasteiger partial charge in [-0.25, -0.2) is 4.98 Å². The summed E-state index contributed by atoms with van der Waals surface area (Å²) < 4.78 is 1.55. The summed E-state index contributed by atoms with van der Waals surface area (Å²) in [5.74, 6) is 0.704. The Morgan fingerprint density at radius 2 is 2.22 bits per heavy atom. The van der Waals surface area contributed by atoms with E-state index in [1.54, 1.807) is 28.8 Å². The largest absolute Gasteiger partial charge is 0.352 e. The summed E-state index contributed by atoms with van der Waals surface area (Å²) in [4.78, 5) is 29.7. The minimum absolute atomic E-state index is 0.0238. The first-order chi connectivity index (χ1) is 13.0. The predicted octanol–water partition coefficient (Wildman–Crippen LogP) is 4.02. The zero-order chi connectivity index (χ0) is 19.4. The molecule has 0 bridgehead atoms. The van der Waals surface area contributed by atoms with Crippen molar-refractivity contribution in [2.45, 2.75) is 50.4 Å². The van der Waals surface area contributed by atoms with E-state index in [4.69, 9.17) is 11.6 Å². The molecule has 2 aromatic rings. The molecule has 3 rings (SSSR count). The number of halogens is 1. The third-order valence-corrected chi connectivity index (χ3v) is 6.20. The molecule has 7 heteroatoms. The maximum atomic E-state index is 12.8. The molecule has 1 N–H and O–H groups in total. The Kier molecular flexibility index (Phi) is 6.60. The van der Waals surface area contributed by atoms with E-state index in [1.165, 1.54) is 18.2 Å². The molecule has 27 heavy (non-hydrogen) atoms. The number of carbonyl (C=O) groups excluding carboxylic acids is 1. The quantitative estimate of drug-likeness (QED) is 0.448. The van der Waals surface area contributed by atoms with Crippen LogP contribution in [0.15, 0.2) is 40.8 Å². The Balaban J connectivity index is 1.78. The van der Waals surface area contributed by atoms with E-state index in [0.717, 1.165) is 19.3 Å². The van der Waals surface area contributed by atoms with Gasteiger partial charge in [0.25, 0.3) is 5.56 Å². The summed E-state index contributed by atoms with van der Waals surface area (Å²) in [6.07, 6.45) is 6.24. The van der Waals surface area contributed by atoms with Crippen LogP contribution in [0.25, 0.3) is 10.9 Å². The predicted molar refractivity (Wildman–Crippen MR) is 111 cm³/mol. The molecule has 0 saturated heterocycles. The van der Waals surface area contributed by atoms with Gasteiger partial charge in [-0.1, -0.05) is 49.2 Å². The fourth-order valence-electron chi connectivity index (χ4n) is 3.48. The number of hydrogen-bond donors (Lipinski definition) is 1. The van der Waals surface area contributed by atoms with Crippen molar-refractivity contribution in [2.75, 3.05) is 5.75 Å². The van der Waals surface area contributed by atoms with Crippen LogP contribution in [0.1, 0.15) is 32.6 Å². The third-order valence-electron chi connectivity index (χ3n) is 4.98. The molecule has 1 aromatic heterocycles. The lowest BCUT2D eigenvalue weighted by Gasteiger charge is -2.29. The van der Waals surface area contributed by atoms with Gasteiger partial charge < -0.3 is 5.32 Å². The maximum Gasteiger partial charge on any atom is 0.262 e. The number of aromatic nitrogens is 2. The summed E-state index contributed by atoms with van der Waals surface area (Å²) in [6, 6.07) is 5.27. The Morgan fingerprint density at radius 1 is 1.44 bits per heavy atom. The zero-order valence-electron chi connectivity index (χ0n) is 15.4. The molecular formula is C20H24ClN3O2S. The van der Waals surface area contributed by atoms with E-state index in [1.807, 2.05) is 0 Å². The van der Waals surface area contributed by atoms with Crippen LogP contribution < -0.4 is 10.9 Å². The second-order valence-electron chi connectivity index (χ2n) is 6.98. The van der Waals surface area contributed by atoms with Gasteiger partial charge in [0.05, 0.1) is 16.7 Å². The number of nitrogens with zero attached hydrogens (tertiary/aromatic N) is 2. The zero-order valence-corrected chi connectivity index (χ0v) is 17.0. The molecule has 1 saturated carbocycles. The van der Waals surface area contributed by atoms with Gasteiger partial charge in [-0.2, -0.15) is 0 Å². The molecule has 2 unspecified atom stereocenters. The van der Waals surface area contributed by atoms with Crippen LogP contribution >= 0.6 is 23.4 Å². The Hall–Kier alpha value is -1.79. The second kappa shape index (κ2) is 8.93. The average molecular weight is 406 g/mol. The lowest BCUT2D eigenvalue weighted by molar-refractivity contribution is -0.119. The first-order valence-electron chi connectivity index (χ1n) is 9.22. The molecule has 2 atom stereocenters. The molecule has 144 valence electrons. The maximum absolute atomic E-state index is 12.8. The van der Waals surface area contributed by atoms with Crippen molar-refractivity contribution in [3.8, 4) is 0 Å². The van der Waals surface area contributed by atoms with Crippen molar-refractivity contribution >= 4 is 40.2 Å². The van der Waals surface area contributed by atoms with Gasteiger partial charge >= 0.3 is 0 Å². The summed E-state index contributed by atoms with van der Waals surface area (Å²) >= 11 is 7.31. The number of allylic oxidation sites excluding steroid dienone is 1. The number of fused-ring (bicyclic) bond motifs is 1. The summed E-state index contributed by atoms with van der Waals surface area (Å²) in [6.45, 7) is 6.25. The van der Waals surface area contributed by atoms with E-state index >= 15 is 0 Å². The molecule has 1 fully saturated rings. The van der Waals surface area contributed by atoms with Gasteiger partial charge in [-0.15, -0.1) is 6.58 Å². The summed E-state index contributed by atoms with van der Waals surface area (Å²) in [5.41, 5.74) is 0.386. The van der Waals surface area contributed by atoms with Crippen molar-refractivity contribution < 1.29 is 4.79 Å². The molecule has 0 radical (unpaired) electrons. The number of hydrogen-bond acceptors (Lipinski definition) is 4. The van der Waals surface area contributed by atoms with Crippen molar-refractivity contribution in [1.82, 2.24) is 14.9 Å². The van der Waals surface area contributed by atoms with E-state index in [2.05, 4.69) is 23.8 Å². The minimum Gasteiger partial charge on any atom is -0.352 e. The highest BCUT2D eigenvalue weighted by Crippen LogP contribution is 2.24. The molecule has 5 nitrogen and oxygen atoms in total. The second-order valence-corrected chi connectivity index (χ2v) is 8.36. The van der Waals surface area contributed by atoms with Gasteiger partial charge in [-0.05, 0) is 37.0 Å². The van der Waals surface area contributed by atoms with Crippen LogP contribution in [0.4, 0.5) is 0 Å². The van der Waals surface area contributed by atoms with E-state index < -0.39 is 0 Å². The van der Waals surface area contributed by atoms with Crippen molar-refractivity contribution in [3.63, 3.8) is 0 Å². The van der Waals surface area contributed by atoms with Crippen LogP contribution in [0.5, 0.6) is 0 Å². The topological polar surface area (TPSA) is 64.0 Å². The van der Waals surface area contributed by atoms with Gasteiger partial charge in [-0.3, -0.25) is 14.2 Å². The van der Waals surface area contributed by atoms with Gasteiger partial charge in [0.1, 0.15) is 0 Å². The van der Waals surface area contributed by atoms with Crippen molar-refractivity contribution in [2.24, 2.45) is 5.92 Å². The number of amides is 1. The van der Waals surface area contributed by atoms with Gasteiger partial charge in [0.15, 0.2) is 5.16 Å². The molecule has 0 spiro atoms. The lowest BCUT2D eigenvalue weighted by atomic mass is 9.86. The first kappa shape index (κ1) is 20.0. The molecule has 1 aliphatic rings. The molecule has 1 heterocycles. The number of benzene rings is 1. The highest BCUT2D eigenvalue weighted by molar-refractivity contribution is 7.99. The van der Waals surface area contributed by atoms with E-state index in [0.29, 0.717) is 33.5 Å². The smallest absolute Gasteiger partial charge is 0.262 e.